The molecule has 0 aromatic heterocycles. The third-order valence-electron chi connectivity index (χ3n) is 7.28. The van der Waals surface area contributed by atoms with Crippen molar-refractivity contribution in [3.63, 3.8) is 0 Å². The minimum atomic E-state index is -0.700. The van der Waals surface area contributed by atoms with Crippen molar-refractivity contribution in [3.8, 4) is 0 Å². The van der Waals surface area contributed by atoms with Crippen LogP contribution in [0.3, 0.4) is 0 Å². The molecule has 1 aliphatic rings. The predicted octanol–water partition coefficient (Wildman–Crippen LogP) is 8.84. The van der Waals surface area contributed by atoms with Gasteiger partial charge in [-0.1, -0.05) is 128 Å². The maximum Gasteiger partial charge on any atom is 0.303 e. The fraction of sp³-hybridized carbons (Fsp3) is 0.733. The van der Waals surface area contributed by atoms with E-state index in [4.69, 9.17) is 10.2 Å². The average Bonchev–Trinajstić information content (AvgIpc) is 2.84. The number of carboxylic acid groups (broad SMARTS) is 2. The number of carboxylic acids is 2. The molecule has 4 heteroatoms. The topological polar surface area (TPSA) is 74.6 Å². The molecule has 194 valence electrons. The number of carbonyl (C=O) groups is 2. The van der Waals surface area contributed by atoms with E-state index in [9.17, 15) is 9.59 Å². The lowest BCUT2D eigenvalue weighted by Crippen LogP contribution is -2.21. The molecule has 2 N–H and O–H groups in total. The van der Waals surface area contributed by atoms with Crippen molar-refractivity contribution in [2.24, 2.45) is 11.8 Å². The molecule has 0 aliphatic heterocycles. The zero-order chi connectivity index (χ0) is 25.0. The number of hydrogen-bond donors (Lipinski definition) is 2. The molecular weight excluding hydrogens is 424 g/mol. The van der Waals surface area contributed by atoms with Crippen LogP contribution < -0.4 is 0 Å². The first-order chi connectivity index (χ1) is 16.5. The Balaban J connectivity index is 0.000000340. The maximum atomic E-state index is 10.9. The first kappa shape index (κ1) is 30.2. The molecule has 4 nitrogen and oxygen atoms in total. The van der Waals surface area contributed by atoms with Crippen molar-refractivity contribution in [2.75, 3.05) is 0 Å². The normalized spacial score (nSPS) is 15.7. The molecule has 1 fully saturated rings. The summed E-state index contributed by atoms with van der Waals surface area (Å²) in [7, 11) is 0. The number of unbranched alkanes of at least 4 members (excludes halogenated alkanes) is 6. The molecule has 0 heterocycles. The van der Waals surface area contributed by atoms with Crippen molar-refractivity contribution in [1.29, 1.82) is 0 Å². The van der Waals surface area contributed by atoms with Crippen LogP contribution in [0, 0.1) is 11.8 Å². The highest BCUT2D eigenvalue weighted by Gasteiger charge is 2.25. The molecule has 0 bridgehead atoms. The van der Waals surface area contributed by atoms with Crippen LogP contribution >= 0.6 is 0 Å². The molecule has 1 aromatic rings. The van der Waals surface area contributed by atoms with Gasteiger partial charge in [-0.15, -0.1) is 0 Å². The maximum absolute atomic E-state index is 10.9. The van der Waals surface area contributed by atoms with Crippen molar-refractivity contribution >= 4 is 11.9 Å². The highest BCUT2D eigenvalue weighted by Crippen LogP contribution is 2.34. The smallest absolute Gasteiger partial charge is 0.303 e. The lowest BCUT2D eigenvalue weighted by atomic mass is 9.76. The molecule has 0 saturated heterocycles. The summed E-state index contributed by atoms with van der Waals surface area (Å²) in [5, 5.41) is 18.0. The lowest BCUT2D eigenvalue weighted by molar-refractivity contribution is -0.139. The summed E-state index contributed by atoms with van der Waals surface area (Å²) < 4.78 is 0. The Bertz CT molecular complexity index is 636. The fourth-order valence-electron chi connectivity index (χ4n) is 5.31. The number of benzene rings is 1. The minimum Gasteiger partial charge on any atom is -0.481 e. The Morgan fingerprint density at radius 1 is 0.765 bits per heavy atom. The highest BCUT2D eigenvalue weighted by molar-refractivity contribution is 5.68. The zero-order valence-corrected chi connectivity index (χ0v) is 21.9. The van der Waals surface area contributed by atoms with Crippen LogP contribution in [0.15, 0.2) is 30.3 Å². The SMILES string of the molecule is CCCCCCC(CC(=O)O)C1CCCCC1.CCCCCCC(CC(=O)O)c1ccccc1. The summed E-state index contributed by atoms with van der Waals surface area (Å²) in [4.78, 5) is 21.8. The Hall–Kier alpha value is -1.84. The van der Waals surface area contributed by atoms with Crippen LogP contribution in [0.25, 0.3) is 0 Å². The van der Waals surface area contributed by atoms with E-state index in [2.05, 4.69) is 13.8 Å². The summed E-state index contributed by atoms with van der Waals surface area (Å²) in [6, 6.07) is 10.0. The number of rotatable bonds is 16. The second kappa shape index (κ2) is 19.5. The van der Waals surface area contributed by atoms with Gasteiger partial charge in [0.1, 0.15) is 0 Å². The van der Waals surface area contributed by atoms with E-state index < -0.39 is 11.9 Å². The van der Waals surface area contributed by atoms with Gasteiger partial charge in [-0.25, -0.2) is 0 Å². The molecule has 1 saturated carbocycles. The van der Waals surface area contributed by atoms with Gasteiger partial charge < -0.3 is 10.2 Å². The molecular formula is C30H50O4. The molecule has 2 atom stereocenters. The van der Waals surface area contributed by atoms with Crippen LogP contribution in [0.4, 0.5) is 0 Å². The Morgan fingerprint density at radius 3 is 1.85 bits per heavy atom. The fourth-order valence-corrected chi connectivity index (χ4v) is 5.31. The average molecular weight is 475 g/mol. The molecule has 0 spiro atoms. The first-order valence-corrected chi connectivity index (χ1v) is 14.0. The third-order valence-corrected chi connectivity index (χ3v) is 7.28. The Labute approximate surface area is 208 Å². The Kier molecular flexibility index (Phi) is 17.3. The van der Waals surface area contributed by atoms with E-state index in [1.807, 2.05) is 30.3 Å². The van der Waals surface area contributed by atoms with Gasteiger partial charge >= 0.3 is 11.9 Å². The molecule has 2 rings (SSSR count). The molecule has 0 amide bonds. The van der Waals surface area contributed by atoms with Gasteiger partial charge in [0.25, 0.3) is 0 Å². The van der Waals surface area contributed by atoms with E-state index in [-0.39, 0.29) is 12.3 Å². The number of aliphatic carboxylic acids is 2. The molecule has 1 aromatic carbocycles. The van der Waals surface area contributed by atoms with Gasteiger partial charge in [-0.05, 0) is 36.2 Å². The molecule has 34 heavy (non-hydrogen) atoms. The third kappa shape index (κ3) is 14.4. The van der Waals surface area contributed by atoms with Crippen molar-refractivity contribution in [3.05, 3.63) is 35.9 Å². The van der Waals surface area contributed by atoms with E-state index in [0.717, 1.165) is 24.8 Å². The van der Waals surface area contributed by atoms with Gasteiger partial charge in [0.15, 0.2) is 0 Å². The zero-order valence-electron chi connectivity index (χ0n) is 21.9. The second-order valence-electron chi connectivity index (χ2n) is 10.2. The van der Waals surface area contributed by atoms with Gasteiger partial charge in [-0.3, -0.25) is 9.59 Å². The van der Waals surface area contributed by atoms with Crippen molar-refractivity contribution < 1.29 is 19.8 Å². The highest BCUT2D eigenvalue weighted by atomic mass is 16.4. The summed E-state index contributed by atoms with van der Waals surface area (Å²) >= 11 is 0. The quantitative estimate of drug-likeness (QED) is 0.235. The minimum absolute atomic E-state index is 0.172. The lowest BCUT2D eigenvalue weighted by Gasteiger charge is -2.29. The first-order valence-electron chi connectivity index (χ1n) is 14.0. The van der Waals surface area contributed by atoms with Gasteiger partial charge in [0.2, 0.25) is 0 Å². The van der Waals surface area contributed by atoms with Crippen molar-refractivity contribution in [2.45, 2.75) is 129 Å². The van der Waals surface area contributed by atoms with Crippen LogP contribution in [-0.4, -0.2) is 22.2 Å². The largest absolute Gasteiger partial charge is 0.481 e. The van der Waals surface area contributed by atoms with Crippen LogP contribution in [0.2, 0.25) is 0 Å². The van der Waals surface area contributed by atoms with Crippen LogP contribution in [0.1, 0.15) is 134 Å². The van der Waals surface area contributed by atoms with Crippen LogP contribution in [-0.2, 0) is 9.59 Å². The summed E-state index contributed by atoms with van der Waals surface area (Å²) in [6.45, 7) is 4.40. The van der Waals surface area contributed by atoms with Gasteiger partial charge in [0, 0.05) is 6.42 Å². The molecule has 2 unspecified atom stereocenters. The van der Waals surface area contributed by atoms with E-state index in [0.29, 0.717) is 18.3 Å². The van der Waals surface area contributed by atoms with E-state index in [1.165, 1.54) is 77.0 Å². The van der Waals surface area contributed by atoms with Crippen LogP contribution in [0.5, 0.6) is 0 Å². The van der Waals surface area contributed by atoms with Crippen molar-refractivity contribution in [1.82, 2.24) is 0 Å². The monoisotopic (exact) mass is 474 g/mol. The van der Waals surface area contributed by atoms with Gasteiger partial charge in [0.05, 0.1) is 6.42 Å². The molecule has 1 aliphatic carbocycles. The van der Waals surface area contributed by atoms with E-state index >= 15 is 0 Å². The molecule has 0 radical (unpaired) electrons. The summed E-state index contributed by atoms with van der Waals surface area (Å²) in [6.07, 6.45) is 19.1. The summed E-state index contributed by atoms with van der Waals surface area (Å²) in [5.41, 5.74) is 1.16. The Morgan fingerprint density at radius 2 is 1.32 bits per heavy atom. The van der Waals surface area contributed by atoms with Gasteiger partial charge in [-0.2, -0.15) is 0 Å². The predicted molar refractivity (Wildman–Crippen MR) is 141 cm³/mol. The number of hydrogen-bond acceptors (Lipinski definition) is 2. The standard InChI is InChI=1S/C15H28O2.C15H22O2/c2*1-2-3-4-6-11-14(12-15(16)17)13-9-7-5-8-10-13/h13-14H,2-12H2,1H3,(H,16,17);5,7-10,14H,2-4,6,11-12H2,1H3,(H,16,17). The second-order valence-corrected chi connectivity index (χ2v) is 10.2. The van der Waals surface area contributed by atoms with E-state index in [1.54, 1.807) is 0 Å². The summed E-state index contributed by atoms with van der Waals surface area (Å²) in [5.74, 6) is 0.0158.